The molecule has 1 atom stereocenters. The smallest absolute Gasteiger partial charge is 0.255 e. The van der Waals surface area contributed by atoms with Gasteiger partial charge in [0, 0.05) is 23.8 Å². The lowest BCUT2D eigenvalue weighted by Gasteiger charge is -2.32. The van der Waals surface area contributed by atoms with Crippen LogP contribution in [0, 0.1) is 6.92 Å². The zero-order valence-electron chi connectivity index (χ0n) is 15.1. The van der Waals surface area contributed by atoms with Crippen LogP contribution in [0.5, 0.6) is 0 Å². The summed E-state index contributed by atoms with van der Waals surface area (Å²) in [5, 5.41) is 3.10. The minimum absolute atomic E-state index is 0.0233. The number of rotatable bonds is 3. The fourth-order valence-electron chi connectivity index (χ4n) is 4.36. The molecule has 25 heavy (non-hydrogen) atoms. The molecule has 2 heterocycles. The second-order valence-corrected chi connectivity index (χ2v) is 7.31. The quantitative estimate of drug-likeness (QED) is 0.896. The second kappa shape index (κ2) is 6.64. The van der Waals surface area contributed by atoms with Crippen molar-refractivity contribution in [2.24, 2.45) is 0 Å². The van der Waals surface area contributed by atoms with Crippen molar-refractivity contribution >= 4 is 11.6 Å². The van der Waals surface area contributed by atoms with Gasteiger partial charge in [0.2, 0.25) is 0 Å². The molecule has 1 fully saturated rings. The minimum Gasteiger partial charge on any atom is -0.322 e. The second-order valence-electron chi connectivity index (χ2n) is 7.31. The van der Waals surface area contributed by atoms with E-state index in [0.29, 0.717) is 6.04 Å². The summed E-state index contributed by atoms with van der Waals surface area (Å²) in [6.07, 6.45) is 4.64. The molecule has 3 heteroatoms. The SMILES string of the molecule is CCc1ccc(C(=O)Nc2ccc3c(c2)C2CCCN2CC3)cc1C. The number of aryl methyl sites for hydroxylation is 2. The monoisotopic (exact) mass is 334 g/mol. The lowest BCUT2D eigenvalue weighted by atomic mass is 9.92. The van der Waals surface area contributed by atoms with Gasteiger partial charge in [-0.25, -0.2) is 0 Å². The van der Waals surface area contributed by atoms with Crippen LogP contribution < -0.4 is 5.32 Å². The number of fused-ring (bicyclic) bond motifs is 3. The van der Waals surface area contributed by atoms with Crippen LogP contribution in [0.3, 0.4) is 0 Å². The van der Waals surface area contributed by atoms with Crippen LogP contribution in [-0.2, 0) is 12.8 Å². The molecule has 4 rings (SSSR count). The average molecular weight is 334 g/mol. The van der Waals surface area contributed by atoms with E-state index >= 15 is 0 Å². The Kier molecular flexibility index (Phi) is 4.34. The average Bonchev–Trinajstić information content (AvgIpc) is 3.11. The molecule has 3 nitrogen and oxygen atoms in total. The molecule has 2 aromatic carbocycles. The molecule has 1 unspecified atom stereocenters. The number of nitrogens with zero attached hydrogens (tertiary/aromatic N) is 1. The van der Waals surface area contributed by atoms with Crippen LogP contribution in [0.4, 0.5) is 5.69 Å². The standard InChI is InChI=1S/C22H26N2O/c1-3-16-6-7-18(13-15(16)2)22(25)23-19-9-8-17-10-12-24-11-4-5-21(24)20(17)14-19/h6-9,13-14,21H,3-5,10-12H2,1-2H3,(H,23,25). The number of amides is 1. The van der Waals surface area contributed by atoms with Gasteiger partial charge < -0.3 is 5.32 Å². The van der Waals surface area contributed by atoms with Crippen molar-refractivity contribution in [3.05, 3.63) is 64.2 Å². The third-order valence-corrected chi connectivity index (χ3v) is 5.78. The first-order valence-electron chi connectivity index (χ1n) is 9.43. The Labute approximate surface area is 150 Å². The summed E-state index contributed by atoms with van der Waals surface area (Å²) in [5.74, 6) is -0.0233. The Morgan fingerprint density at radius 2 is 2.08 bits per heavy atom. The topological polar surface area (TPSA) is 32.3 Å². The summed E-state index contributed by atoms with van der Waals surface area (Å²) < 4.78 is 0. The van der Waals surface area contributed by atoms with Crippen molar-refractivity contribution < 1.29 is 4.79 Å². The van der Waals surface area contributed by atoms with Gasteiger partial charge in [0.25, 0.3) is 5.91 Å². The Hall–Kier alpha value is -2.13. The Morgan fingerprint density at radius 3 is 2.88 bits per heavy atom. The molecular formula is C22H26N2O. The van der Waals surface area contributed by atoms with E-state index in [9.17, 15) is 4.79 Å². The van der Waals surface area contributed by atoms with Crippen LogP contribution in [0.25, 0.3) is 0 Å². The van der Waals surface area contributed by atoms with Gasteiger partial charge in [-0.3, -0.25) is 9.69 Å². The maximum Gasteiger partial charge on any atom is 0.255 e. The van der Waals surface area contributed by atoms with E-state index in [2.05, 4.69) is 48.3 Å². The molecule has 0 aliphatic carbocycles. The van der Waals surface area contributed by atoms with Gasteiger partial charge in [0.1, 0.15) is 0 Å². The normalized spacial score (nSPS) is 19.4. The van der Waals surface area contributed by atoms with Crippen molar-refractivity contribution in [3.8, 4) is 0 Å². The van der Waals surface area contributed by atoms with Crippen LogP contribution in [0.15, 0.2) is 36.4 Å². The molecule has 0 radical (unpaired) electrons. The summed E-state index contributed by atoms with van der Waals surface area (Å²) in [4.78, 5) is 15.2. The van der Waals surface area contributed by atoms with Crippen LogP contribution in [-0.4, -0.2) is 23.9 Å². The molecular weight excluding hydrogens is 308 g/mol. The molecule has 1 N–H and O–H groups in total. The molecule has 0 spiro atoms. The number of nitrogens with one attached hydrogen (secondary N) is 1. The van der Waals surface area contributed by atoms with Gasteiger partial charge in [0.05, 0.1) is 0 Å². The van der Waals surface area contributed by atoms with E-state index in [-0.39, 0.29) is 5.91 Å². The Bertz CT molecular complexity index is 812. The highest BCUT2D eigenvalue weighted by Gasteiger charge is 2.31. The predicted molar refractivity (Wildman–Crippen MR) is 102 cm³/mol. The zero-order valence-corrected chi connectivity index (χ0v) is 15.1. The number of hydrogen-bond donors (Lipinski definition) is 1. The van der Waals surface area contributed by atoms with E-state index < -0.39 is 0 Å². The van der Waals surface area contributed by atoms with Crippen molar-refractivity contribution in [1.82, 2.24) is 4.90 Å². The van der Waals surface area contributed by atoms with E-state index in [4.69, 9.17) is 0 Å². The van der Waals surface area contributed by atoms with Crippen molar-refractivity contribution in [1.29, 1.82) is 0 Å². The summed E-state index contributed by atoms with van der Waals surface area (Å²) in [6, 6.07) is 13.0. The highest BCUT2D eigenvalue weighted by atomic mass is 16.1. The number of anilines is 1. The molecule has 2 aromatic rings. The predicted octanol–water partition coefficient (Wildman–Crippen LogP) is 4.50. The van der Waals surface area contributed by atoms with E-state index in [1.54, 1.807) is 0 Å². The Morgan fingerprint density at radius 1 is 1.20 bits per heavy atom. The van der Waals surface area contributed by atoms with Crippen molar-refractivity contribution in [3.63, 3.8) is 0 Å². The largest absolute Gasteiger partial charge is 0.322 e. The van der Waals surface area contributed by atoms with Crippen LogP contribution in [0.1, 0.15) is 58.4 Å². The highest BCUT2D eigenvalue weighted by Crippen LogP contribution is 2.38. The number of carbonyl (C=O) groups is 1. The first kappa shape index (κ1) is 16.3. The third-order valence-electron chi connectivity index (χ3n) is 5.78. The van der Waals surface area contributed by atoms with Gasteiger partial charge >= 0.3 is 0 Å². The molecule has 130 valence electrons. The molecule has 0 aromatic heterocycles. The number of hydrogen-bond acceptors (Lipinski definition) is 2. The molecule has 2 aliphatic rings. The number of benzene rings is 2. The molecule has 1 saturated heterocycles. The van der Waals surface area contributed by atoms with E-state index in [1.807, 2.05) is 12.1 Å². The van der Waals surface area contributed by atoms with E-state index in [1.165, 1.54) is 48.2 Å². The molecule has 0 saturated carbocycles. The fourth-order valence-corrected chi connectivity index (χ4v) is 4.36. The van der Waals surface area contributed by atoms with Gasteiger partial charge in [-0.15, -0.1) is 0 Å². The zero-order chi connectivity index (χ0) is 17.4. The Balaban J connectivity index is 1.56. The minimum atomic E-state index is -0.0233. The molecule has 0 bridgehead atoms. The maximum absolute atomic E-state index is 12.6. The summed E-state index contributed by atoms with van der Waals surface area (Å²) in [5.41, 5.74) is 6.99. The summed E-state index contributed by atoms with van der Waals surface area (Å²) >= 11 is 0. The highest BCUT2D eigenvalue weighted by molar-refractivity contribution is 6.04. The lowest BCUT2D eigenvalue weighted by molar-refractivity contribution is 0.102. The van der Waals surface area contributed by atoms with Crippen molar-refractivity contribution in [2.75, 3.05) is 18.4 Å². The first-order chi connectivity index (χ1) is 12.2. The summed E-state index contributed by atoms with van der Waals surface area (Å²) in [7, 11) is 0. The van der Waals surface area contributed by atoms with Gasteiger partial charge in [-0.05, 0) is 85.7 Å². The molecule has 1 amide bonds. The van der Waals surface area contributed by atoms with E-state index in [0.717, 1.165) is 24.1 Å². The van der Waals surface area contributed by atoms with Crippen molar-refractivity contribution in [2.45, 2.75) is 45.6 Å². The molecule has 2 aliphatic heterocycles. The number of carbonyl (C=O) groups excluding carboxylic acids is 1. The van der Waals surface area contributed by atoms with Crippen LogP contribution >= 0.6 is 0 Å². The third kappa shape index (κ3) is 3.09. The first-order valence-corrected chi connectivity index (χ1v) is 9.43. The lowest BCUT2D eigenvalue weighted by Crippen LogP contribution is -2.31. The van der Waals surface area contributed by atoms with Crippen LogP contribution in [0.2, 0.25) is 0 Å². The van der Waals surface area contributed by atoms with Gasteiger partial charge in [-0.1, -0.05) is 19.1 Å². The maximum atomic E-state index is 12.6. The fraction of sp³-hybridized carbons (Fsp3) is 0.409. The van der Waals surface area contributed by atoms with Gasteiger partial charge in [-0.2, -0.15) is 0 Å². The van der Waals surface area contributed by atoms with Gasteiger partial charge in [0.15, 0.2) is 0 Å². The summed E-state index contributed by atoms with van der Waals surface area (Å²) in [6.45, 7) is 6.60.